The van der Waals surface area contributed by atoms with Crippen molar-refractivity contribution in [2.24, 2.45) is 0 Å². The molecule has 3 N–H and O–H groups in total. The first-order chi connectivity index (χ1) is 10.2. The lowest BCUT2D eigenvalue weighted by Crippen LogP contribution is -3.15. The van der Waals surface area contributed by atoms with Gasteiger partial charge in [-0.2, -0.15) is 0 Å². The average molecular weight is 331 g/mol. The zero-order valence-electron chi connectivity index (χ0n) is 13.2. The van der Waals surface area contributed by atoms with Gasteiger partial charge in [0.2, 0.25) is 0 Å². The molecular weight excluding hydrogens is 309 g/mol. The summed E-state index contributed by atoms with van der Waals surface area (Å²) in [4.78, 5) is 24.6. The molecule has 2 amide bonds. The van der Waals surface area contributed by atoms with E-state index in [0.29, 0.717) is 5.69 Å². The quantitative estimate of drug-likeness (QED) is 0.724. The van der Waals surface area contributed by atoms with Crippen molar-refractivity contribution in [2.75, 3.05) is 18.9 Å². The van der Waals surface area contributed by atoms with E-state index in [1.807, 2.05) is 13.8 Å². The summed E-state index contributed by atoms with van der Waals surface area (Å²) in [5.74, 6) is -0.875. The number of carbonyl (C=O) groups excluding carboxylic acids is 2. The van der Waals surface area contributed by atoms with Crippen LogP contribution in [0.15, 0.2) is 18.2 Å². The predicted octanol–water partition coefficient (Wildman–Crippen LogP) is 0.845. The topological polar surface area (TPSA) is 62.6 Å². The molecule has 0 saturated carbocycles. The van der Waals surface area contributed by atoms with Gasteiger partial charge in [-0.25, -0.2) is 4.39 Å². The van der Waals surface area contributed by atoms with E-state index in [9.17, 15) is 14.0 Å². The van der Waals surface area contributed by atoms with Gasteiger partial charge in [-0.1, -0.05) is 11.6 Å². The minimum Gasteiger partial charge on any atom is -0.349 e. The summed E-state index contributed by atoms with van der Waals surface area (Å²) in [5.41, 5.74) is 0.347. The Labute approximate surface area is 134 Å². The summed E-state index contributed by atoms with van der Waals surface area (Å²) in [5, 5.41) is 5.56. The number of anilines is 1. The number of amides is 2. The Morgan fingerprint density at radius 3 is 2.50 bits per heavy atom. The van der Waals surface area contributed by atoms with Crippen LogP contribution in [0.4, 0.5) is 10.1 Å². The van der Waals surface area contributed by atoms with Crippen LogP contribution in [0.3, 0.4) is 0 Å². The molecule has 22 heavy (non-hydrogen) atoms. The van der Waals surface area contributed by atoms with Crippen molar-refractivity contribution in [1.29, 1.82) is 0 Å². The molecule has 1 aromatic rings. The Kier molecular flexibility index (Phi) is 6.77. The number of nitrogens with one attached hydrogen (secondary N) is 3. The molecule has 0 heterocycles. The van der Waals surface area contributed by atoms with Gasteiger partial charge in [-0.15, -0.1) is 0 Å². The van der Waals surface area contributed by atoms with Crippen LogP contribution in [0.2, 0.25) is 5.02 Å². The Bertz CT molecular complexity index is 552. The number of halogens is 2. The molecular formula is C15H22ClFN3O2+. The van der Waals surface area contributed by atoms with Crippen molar-refractivity contribution < 1.29 is 18.9 Å². The smallest absolute Gasteiger partial charge is 0.282 e. The lowest BCUT2D eigenvalue weighted by molar-refractivity contribution is -0.885. The highest BCUT2D eigenvalue weighted by molar-refractivity contribution is 6.33. The lowest BCUT2D eigenvalue weighted by Gasteiger charge is -2.21. The molecule has 0 saturated heterocycles. The minimum atomic E-state index is -0.468. The Morgan fingerprint density at radius 2 is 1.95 bits per heavy atom. The molecule has 0 radical (unpaired) electrons. The molecule has 1 unspecified atom stereocenters. The molecule has 0 spiro atoms. The first-order valence-corrected chi connectivity index (χ1v) is 7.46. The summed E-state index contributed by atoms with van der Waals surface area (Å²) < 4.78 is 13.0. The van der Waals surface area contributed by atoms with Crippen LogP contribution in [0.1, 0.15) is 20.8 Å². The number of carbonyl (C=O) groups is 2. The maximum Gasteiger partial charge on any atom is 0.282 e. The molecule has 122 valence electrons. The van der Waals surface area contributed by atoms with Crippen LogP contribution in [0, 0.1) is 5.82 Å². The largest absolute Gasteiger partial charge is 0.349 e. The molecule has 2 atom stereocenters. The summed E-state index contributed by atoms with van der Waals surface area (Å²) in [6.07, 6.45) is 0. The number of hydrogen-bond acceptors (Lipinski definition) is 2. The summed E-state index contributed by atoms with van der Waals surface area (Å²) in [7, 11) is 1.76. The minimum absolute atomic E-state index is 0.0578. The van der Waals surface area contributed by atoms with Gasteiger partial charge in [0.25, 0.3) is 11.8 Å². The van der Waals surface area contributed by atoms with Gasteiger partial charge in [-0.3, -0.25) is 9.59 Å². The second-order valence-corrected chi connectivity index (χ2v) is 5.99. The molecule has 0 fully saturated rings. The number of benzene rings is 1. The van der Waals surface area contributed by atoms with Crippen molar-refractivity contribution in [3.8, 4) is 0 Å². The lowest BCUT2D eigenvalue weighted by atomic mass is 10.2. The number of likely N-dealkylation sites (N-methyl/N-ethyl adjacent to an activating group) is 1. The maximum absolute atomic E-state index is 13.0. The van der Waals surface area contributed by atoms with E-state index in [0.717, 1.165) is 11.0 Å². The monoisotopic (exact) mass is 330 g/mol. The molecule has 5 nitrogen and oxygen atoms in total. The summed E-state index contributed by atoms with van der Waals surface area (Å²) in [6, 6.07) is 3.36. The molecule has 0 aromatic heterocycles. The second-order valence-electron chi connectivity index (χ2n) is 5.58. The van der Waals surface area contributed by atoms with E-state index in [4.69, 9.17) is 11.6 Å². The van der Waals surface area contributed by atoms with Gasteiger partial charge in [0.1, 0.15) is 5.82 Å². The third kappa shape index (κ3) is 5.61. The molecule has 0 aliphatic carbocycles. The summed E-state index contributed by atoms with van der Waals surface area (Å²) >= 11 is 5.87. The average Bonchev–Trinajstić information content (AvgIpc) is 2.39. The van der Waals surface area contributed by atoms with Gasteiger partial charge in [-0.05, 0) is 39.0 Å². The van der Waals surface area contributed by atoms with E-state index in [2.05, 4.69) is 10.6 Å². The van der Waals surface area contributed by atoms with Crippen molar-refractivity contribution in [3.05, 3.63) is 29.0 Å². The van der Waals surface area contributed by atoms with E-state index < -0.39 is 11.9 Å². The molecule has 0 aliphatic rings. The van der Waals surface area contributed by atoms with E-state index in [1.165, 1.54) is 12.1 Å². The normalized spacial score (nSPS) is 13.6. The number of hydrogen-bond donors (Lipinski definition) is 3. The SMILES string of the molecule is CC(C)NC(=O)C[NH+](C)[C@H](C)C(=O)Nc1ccc(F)cc1Cl. The molecule has 0 bridgehead atoms. The van der Waals surface area contributed by atoms with Gasteiger partial charge in [0.15, 0.2) is 12.6 Å². The van der Waals surface area contributed by atoms with Crippen LogP contribution >= 0.6 is 11.6 Å². The first-order valence-electron chi connectivity index (χ1n) is 7.08. The van der Waals surface area contributed by atoms with E-state index in [-0.39, 0.29) is 29.4 Å². The van der Waals surface area contributed by atoms with Crippen molar-refractivity contribution in [1.82, 2.24) is 5.32 Å². The van der Waals surface area contributed by atoms with Crippen LogP contribution in [0.5, 0.6) is 0 Å². The van der Waals surface area contributed by atoms with Crippen LogP contribution in [-0.2, 0) is 9.59 Å². The highest BCUT2D eigenvalue weighted by Gasteiger charge is 2.24. The molecule has 1 aromatic carbocycles. The van der Waals surface area contributed by atoms with Crippen LogP contribution < -0.4 is 15.5 Å². The fraction of sp³-hybridized carbons (Fsp3) is 0.467. The zero-order valence-corrected chi connectivity index (χ0v) is 13.9. The highest BCUT2D eigenvalue weighted by Crippen LogP contribution is 2.22. The highest BCUT2D eigenvalue weighted by atomic mass is 35.5. The fourth-order valence-electron chi connectivity index (χ4n) is 1.83. The van der Waals surface area contributed by atoms with E-state index in [1.54, 1.807) is 14.0 Å². The summed E-state index contributed by atoms with van der Waals surface area (Å²) in [6.45, 7) is 5.65. The third-order valence-electron chi connectivity index (χ3n) is 3.21. The third-order valence-corrected chi connectivity index (χ3v) is 3.52. The van der Waals surface area contributed by atoms with Gasteiger partial charge in [0.05, 0.1) is 17.8 Å². The number of quaternary nitrogens is 1. The fourth-order valence-corrected chi connectivity index (χ4v) is 2.05. The second kappa shape index (κ2) is 8.10. The molecule has 7 heteroatoms. The standard InChI is InChI=1S/C15H21ClFN3O2/c1-9(2)18-14(21)8-20(4)10(3)15(22)19-13-6-5-11(17)7-12(13)16/h5-7,9-10H,8H2,1-4H3,(H,18,21)(H,19,22)/p+1/t10-/m1/s1. The Hall–Kier alpha value is -1.66. The van der Waals surface area contributed by atoms with Crippen molar-refractivity contribution in [2.45, 2.75) is 32.9 Å². The van der Waals surface area contributed by atoms with Crippen LogP contribution in [0.25, 0.3) is 0 Å². The molecule has 0 aliphatic heterocycles. The van der Waals surface area contributed by atoms with Gasteiger partial charge in [0, 0.05) is 6.04 Å². The number of rotatable bonds is 6. The predicted molar refractivity (Wildman–Crippen MR) is 84.5 cm³/mol. The van der Waals surface area contributed by atoms with Gasteiger partial charge >= 0.3 is 0 Å². The van der Waals surface area contributed by atoms with Crippen molar-refractivity contribution in [3.63, 3.8) is 0 Å². The van der Waals surface area contributed by atoms with Crippen LogP contribution in [-0.4, -0.2) is 37.5 Å². The first kappa shape index (κ1) is 18.4. The zero-order chi connectivity index (χ0) is 16.9. The molecule has 1 rings (SSSR count). The Morgan fingerprint density at radius 1 is 1.32 bits per heavy atom. The maximum atomic E-state index is 13.0. The van der Waals surface area contributed by atoms with Crippen molar-refractivity contribution >= 4 is 29.1 Å². The van der Waals surface area contributed by atoms with E-state index >= 15 is 0 Å². The van der Waals surface area contributed by atoms with Gasteiger partial charge < -0.3 is 15.5 Å². The Balaban J connectivity index is 2.62.